The summed E-state index contributed by atoms with van der Waals surface area (Å²) >= 11 is 6.41. The Kier molecular flexibility index (Phi) is 13.0. The number of carboxylic acid groups (broad SMARTS) is 1. The van der Waals surface area contributed by atoms with Crippen LogP contribution in [0.3, 0.4) is 0 Å². The van der Waals surface area contributed by atoms with Gasteiger partial charge in [-0.15, -0.1) is 0 Å². The zero-order chi connectivity index (χ0) is 26.8. The zero-order valence-corrected chi connectivity index (χ0v) is 25.3. The van der Waals surface area contributed by atoms with E-state index in [0.29, 0.717) is 41.9 Å². The van der Waals surface area contributed by atoms with Crippen LogP contribution in [-0.4, -0.2) is 44.6 Å². The molecule has 0 saturated carbocycles. The molecule has 0 fully saturated rings. The summed E-state index contributed by atoms with van der Waals surface area (Å²) in [5.74, 6) is 0.0733. The van der Waals surface area contributed by atoms with E-state index in [9.17, 15) is 18.3 Å². The van der Waals surface area contributed by atoms with Crippen molar-refractivity contribution in [2.24, 2.45) is 0 Å². The van der Waals surface area contributed by atoms with Gasteiger partial charge in [0.25, 0.3) is 0 Å². The Hall–Kier alpha value is -2.14. The van der Waals surface area contributed by atoms with Crippen LogP contribution in [0.1, 0.15) is 37.0 Å². The van der Waals surface area contributed by atoms with Crippen molar-refractivity contribution in [2.75, 3.05) is 25.2 Å². The van der Waals surface area contributed by atoms with E-state index in [1.54, 1.807) is 48.7 Å². The van der Waals surface area contributed by atoms with Gasteiger partial charge in [0, 0.05) is 35.8 Å². The van der Waals surface area contributed by atoms with E-state index in [1.165, 1.54) is 6.26 Å². The third kappa shape index (κ3) is 10.6. The number of hydrogen-bond acceptors (Lipinski definition) is 8. The van der Waals surface area contributed by atoms with E-state index in [-0.39, 0.29) is 48.3 Å². The van der Waals surface area contributed by atoms with Crippen LogP contribution < -0.4 is 44.1 Å². The van der Waals surface area contributed by atoms with Gasteiger partial charge >= 0.3 is 29.6 Å². The van der Waals surface area contributed by atoms with Crippen LogP contribution in [0.5, 0.6) is 11.5 Å². The Balaban J connectivity index is 0.00000507. The molecule has 0 amide bonds. The van der Waals surface area contributed by atoms with Gasteiger partial charge in [-0.2, -0.15) is 0 Å². The molecule has 3 rings (SSSR count). The van der Waals surface area contributed by atoms with Gasteiger partial charge in [0.05, 0.1) is 30.4 Å². The number of pyridine rings is 1. The molecule has 8 nitrogen and oxygen atoms in total. The van der Waals surface area contributed by atoms with Crippen molar-refractivity contribution < 1.29 is 62.1 Å². The van der Waals surface area contributed by atoms with Crippen molar-refractivity contribution in [1.29, 1.82) is 0 Å². The SMILES string of the molecule is CCO[C@@H](CC(=O)[O-])c1ccc(OCc2ccc(Cl)c(-c3ccc(OCCCS(C)(=O)=O)cn3)c2)cc1.[Na+]. The maximum atomic E-state index is 11.2. The molecule has 1 aromatic heterocycles. The van der Waals surface area contributed by atoms with Crippen molar-refractivity contribution in [3.63, 3.8) is 0 Å². The van der Waals surface area contributed by atoms with E-state index in [2.05, 4.69) is 4.98 Å². The number of benzene rings is 2. The largest absolute Gasteiger partial charge is 1.00 e. The van der Waals surface area contributed by atoms with E-state index >= 15 is 0 Å². The van der Waals surface area contributed by atoms with Crippen molar-refractivity contribution in [1.82, 2.24) is 4.98 Å². The summed E-state index contributed by atoms with van der Waals surface area (Å²) in [4.78, 5) is 15.4. The molecular weight excluding hydrogens is 541 g/mol. The molecule has 0 bridgehead atoms. The van der Waals surface area contributed by atoms with Crippen LogP contribution in [0.4, 0.5) is 0 Å². The summed E-state index contributed by atoms with van der Waals surface area (Å²) in [6.07, 6.45) is 2.39. The number of hydrogen-bond donors (Lipinski definition) is 0. The van der Waals surface area contributed by atoms with Crippen molar-refractivity contribution in [3.8, 4) is 22.8 Å². The summed E-state index contributed by atoms with van der Waals surface area (Å²) in [7, 11) is -3.01. The van der Waals surface area contributed by atoms with Crippen LogP contribution in [-0.2, 0) is 26.0 Å². The third-order valence-corrected chi connectivity index (χ3v) is 6.71. The minimum atomic E-state index is -3.01. The summed E-state index contributed by atoms with van der Waals surface area (Å²) in [5, 5.41) is 11.5. The van der Waals surface area contributed by atoms with E-state index in [1.807, 2.05) is 19.1 Å². The topological polar surface area (TPSA) is 115 Å². The first-order valence-electron chi connectivity index (χ1n) is 11.7. The normalized spacial score (nSPS) is 11.9. The molecule has 0 aliphatic rings. The molecule has 0 spiro atoms. The Morgan fingerprint density at radius 2 is 1.76 bits per heavy atom. The molecular formula is C27H29ClNNaO7S. The summed E-state index contributed by atoms with van der Waals surface area (Å²) in [5.41, 5.74) is 3.02. The summed E-state index contributed by atoms with van der Waals surface area (Å²) in [6.45, 7) is 2.78. The molecule has 0 saturated heterocycles. The first-order valence-corrected chi connectivity index (χ1v) is 14.2. The average molecular weight is 570 g/mol. The second-order valence-corrected chi connectivity index (χ2v) is 11.1. The Bertz CT molecular complexity index is 1290. The number of aromatic nitrogens is 1. The number of sulfone groups is 1. The molecule has 1 atom stereocenters. The summed E-state index contributed by atoms with van der Waals surface area (Å²) < 4.78 is 39.4. The maximum Gasteiger partial charge on any atom is 1.00 e. The number of carbonyl (C=O) groups excluding carboxylic acids is 1. The number of aliphatic carboxylic acids is 1. The number of halogens is 1. The van der Waals surface area contributed by atoms with Crippen molar-refractivity contribution in [2.45, 2.75) is 32.5 Å². The molecule has 1 heterocycles. The summed E-state index contributed by atoms with van der Waals surface area (Å²) in [6, 6.07) is 16.2. The van der Waals surface area contributed by atoms with E-state index < -0.39 is 21.9 Å². The first kappa shape index (κ1) is 32.1. The molecule has 0 aliphatic heterocycles. The monoisotopic (exact) mass is 569 g/mol. The van der Waals surface area contributed by atoms with Gasteiger partial charge in [-0.3, -0.25) is 4.98 Å². The smallest absolute Gasteiger partial charge is 0.550 e. The first-order chi connectivity index (χ1) is 17.6. The molecule has 0 aliphatic carbocycles. The number of carbonyl (C=O) groups is 1. The number of carboxylic acids is 1. The van der Waals surface area contributed by atoms with E-state index in [4.69, 9.17) is 25.8 Å². The Labute approximate surface area is 250 Å². The zero-order valence-electron chi connectivity index (χ0n) is 21.7. The van der Waals surface area contributed by atoms with Crippen LogP contribution in [0, 0.1) is 0 Å². The van der Waals surface area contributed by atoms with Crippen LogP contribution in [0.2, 0.25) is 5.02 Å². The van der Waals surface area contributed by atoms with Crippen molar-refractivity contribution >= 4 is 27.4 Å². The third-order valence-electron chi connectivity index (χ3n) is 5.35. The van der Waals surface area contributed by atoms with Crippen LogP contribution in [0.25, 0.3) is 11.3 Å². The second kappa shape index (κ2) is 15.5. The number of ether oxygens (including phenoxy) is 3. The molecule has 3 aromatic rings. The van der Waals surface area contributed by atoms with Crippen LogP contribution >= 0.6 is 11.6 Å². The quantitative estimate of drug-likeness (QED) is 0.209. The second-order valence-electron chi connectivity index (χ2n) is 8.40. The molecule has 11 heteroatoms. The minimum absolute atomic E-state index is 0. The van der Waals surface area contributed by atoms with Gasteiger partial charge in [0.2, 0.25) is 0 Å². The average Bonchev–Trinajstić information content (AvgIpc) is 2.86. The van der Waals surface area contributed by atoms with E-state index in [0.717, 1.165) is 16.7 Å². The molecule has 0 unspecified atom stereocenters. The van der Waals surface area contributed by atoms with Gasteiger partial charge in [0.15, 0.2) is 0 Å². The molecule has 198 valence electrons. The Morgan fingerprint density at radius 3 is 2.37 bits per heavy atom. The standard InChI is InChI=1S/C27H30ClNO7S.Na/c1-3-34-26(16-27(30)31)20-6-8-21(9-7-20)36-18-19-5-11-24(28)23(15-19)25-12-10-22(17-29-25)35-13-4-14-37(2,32)33;/h5-12,15,17,26H,3-4,13-14,16,18H2,1-2H3,(H,30,31);/q;+1/p-1/t26-;/m0./s1. The van der Waals surface area contributed by atoms with Gasteiger partial charge < -0.3 is 24.1 Å². The molecule has 0 radical (unpaired) electrons. The number of rotatable bonds is 14. The van der Waals surface area contributed by atoms with Gasteiger partial charge in [0.1, 0.15) is 27.9 Å². The fraction of sp³-hybridized carbons (Fsp3) is 0.333. The predicted octanol–water partition coefficient (Wildman–Crippen LogP) is 1.02. The number of nitrogens with zero attached hydrogens (tertiary/aromatic N) is 1. The van der Waals surface area contributed by atoms with Crippen molar-refractivity contribution in [3.05, 3.63) is 76.9 Å². The fourth-order valence-corrected chi connectivity index (χ4v) is 4.42. The minimum Gasteiger partial charge on any atom is -0.550 e. The molecule has 2 aromatic carbocycles. The van der Waals surface area contributed by atoms with Crippen LogP contribution in [0.15, 0.2) is 60.8 Å². The molecule has 0 N–H and O–H groups in total. The fourth-order valence-electron chi connectivity index (χ4n) is 3.57. The molecule has 38 heavy (non-hydrogen) atoms. The maximum absolute atomic E-state index is 11.2. The van der Waals surface area contributed by atoms with Gasteiger partial charge in [-0.05, 0) is 60.9 Å². The Morgan fingerprint density at radius 1 is 1.05 bits per heavy atom. The van der Waals surface area contributed by atoms with Gasteiger partial charge in [-0.25, -0.2) is 8.42 Å². The van der Waals surface area contributed by atoms with Gasteiger partial charge in [-0.1, -0.05) is 29.8 Å². The predicted molar refractivity (Wildman–Crippen MR) is 139 cm³/mol.